The number of allylic oxidation sites excluding steroid dienone is 4. The first-order chi connectivity index (χ1) is 12.9. The van der Waals surface area contributed by atoms with E-state index in [2.05, 4.69) is 108 Å². The van der Waals surface area contributed by atoms with Gasteiger partial charge in [-0.05, 0) is 60.1 Å². The van der Waals surface area contributed by atoms with Crippen molar-refractivity contribution in [3.8, 4) is 0 Å². The van der Waals surface area contributed by atoms with Crippen LogP contribution in [0.5, 0.6) is 0 Å². The molecule has 0 bridgehead atoms. The predicted molar refractivity (Wildman–Crippen MR) is 128 cm³/mol. The maximum absolute atomic E-state index is 4.31. The van der Waals surface area contributed by atoms with Crippen LogP contribution in [0, 0.1) is 0 Å². The fourth-order valence-electron chi connectivity index (χ4n) is 5.17. The third-order valence-corrected chi connectivity index (χ3v) is 13.2. The van der Waals surface area contributed by atoms with Gasteiger partial charge in [0.15, 0.2) is 0 Å². The molecule has 2 aromatic carbocycles. The maximum Gasteiger partial charge on any atom is 0.0817 e. The van der Waals surface area contributed by atoms with Crippen molar-refractivity contribution in [2.24, 2.45) is 0 Å². The number of hydrogen-bond donors (Lipinski definition) is 0. The molecule has 0 nitrogen and oxygen atoms in total. The van der Waals surface area contributed by atoms with E-state index >= 15 is 0 Å². The Balaban J connectivity index is 0.00000225. The summed E-state index contributed by atoms with van der Waals surface area (Å²) in [6.45, 7) is 9.26. The van der Waals surface area contributed by atoms with Crippen LogP contribution in [0.3, 0.4) is 0 Å². The summed E-state index contributed by atoms with van der Waals surface area (Å²) in [5.41, 5.74) is 11.9. The van der Waals surface area contributed by atoms with Gasteiger partial charge in [-0.1, -0.05) is 105 Å². The molecular formula is C24H26Br2SiZr. The minimum absolute atomic E-state index is 0. The Hall–Kier alpha value is -0.0200. The van der Waals surface area contributed by atoms with Crippen LogP contribution in [-0.4, -0.2) is 9.52 Å². The topological polar surface area (TPSA) is 0 Å². The first kappa shape index (κ1) is 22.7. The van der Waals surface area contributed by atoms with Crippen LogP contribution < -0.4 is 0 Å². The summed E-state index contributed by atoms with van der Waals surface area (Å²) in [6, 6.07) is 18.0. The minimum atomic E-state index is -0.706. The van der Waals surface area contributed by atoms with Crippen molar-refractivity contribution in [1.29, 1.82) is 0 Å². The van der Waals surface area contributed by atoms with Crippen molar-refractivity contribution in [2.45, 2.75) is 48.4 Å². The molecule has 4 heteroatoms. The van der Waals surface area contributed by atoms with Crippen molar-refractivity contribution in [3.63, 3.8) is 0 Å². The normalized spacial score (nSPS) is 26.1. The van der Waals surface area contributed by atoms with Crippen molar-refractivity contribution >= 4 is 52.5 Å². The van der Waals surface area contributed by atoms with E-state index in [1.165, 1.54) is 44.5 Å². The maximum atomic E-state index is 4.31. The van der Waals surface area contributed by atoms with Crippen LogP contribution in [0.25, 0.3) is 11.1 Å². The molecule has 4 rings (SSSR count). The molecule has 0 spiro atoms. The summed E-state index contributed by atoms with van der Waals surface area (Å²) < 4.78 is -0.00794. The summed E-state index contributed by atoms with van der Waals surface area (Å²) in [5.74, 6) is 0. The number of hydrogen-bond acceptors (Lipinski definition) is 0. The van der Waals surface area contributed by atoms with Gasteiger partial charge in [0.2, 0.25) is 0 Å². The van der Waals surface area contributed by atoms with Crippen molar-refractivity contribution in [2.75, 3.05) is 0 Å². The van der Waals surface area contributed by atoms with E-state index in [4.69, 9.17) is 0 Å². The quantitative estimate of drug-likeness (QED) is 0.264. The van der Waals surface area contributed by atoms with Crippen LogP contribution in [0.1, 0.15) is 62.8 Å². The average Bonchev–Trinajstić information content (AvgIpc) is 3.02. The van der Waals surface area contributed by atoms with Gasteiger partial charge in [-0.25, -0.2) is 0 Å². The molecule has 0 N–H and O–H groups in total. The molecule has 0 heterocycles. The number of rotatable bonds is 4. The van der Waals surface area contributed by atoms with Crippen LogP contribution in [0.2, 0.25) is 0 Å². The van der Waals surface area contributed by atoms with Crippen LogP contribution in [-0.2, 0) is 34.1 Å². The minimum Gasteiger partial charge on any atom is -0.0797 e. The largest absolute Gasteiger partial charge is 0.0817 e. The van der Waals surface area contributed by atoms with Crippen LogP contribution in [0.15, 0.2) is 59.7 Å². The Bertz CT molecular complexity index is 914. The molecule has 0 aliphatic heterocycles. The fourth-order valence-corrected chi connectivity index (χ4v) is 12.6. The van der Waals surface area contributed by atoms with Crippen LogP contribution >= 0.6 is 31.9 Å². The second-order valence-electron chi connectivity index (χ2n) is 7.78. The molecule has 2 atom stereocenters. The summed E-state index contributed by atoms with van der Waals surface area (Å²) in [7, 11) is -0.706. The number of halogens is 2. The number of fused-ring (bicyclic) bond motifs is 2. The van der Waals surface area contributed by atoms with Crippen molar-refractivity contribution in [1.82, 2.24) is 0 Å². The Kier molecular flexibility index (Phi) is 6.68. The zero-order chi connectivity index (χ0) is 19.4. The SMILES string of the molecule is CCC1=C(C)C(Br)([SiH2]C2(Br)C(C)=C(CC)c3ccccc32)c2ccccc21.[Zr]. The molecule has 2 unspecified atom stereocenters. The zero-order valence-electron chi connectivity index (χ0n) is 17.0. The Morgan fingerprint density at radius 1 is 0.714 bits per heavy atom. The van der Waals surface area contributed by atoms with Gasteiger partial charge in [-0.3, -0.25) is 0 Å². The Morgan fingerprint density at radius 2 is 1.07 bits per heavy atom. The van der Waals surface area contributed by atoms with Crippen molar-refractivity contribution < 1.29 is 26.2 Å². The second-order valence-corrected chi connectivity index (χ2v) is 15.0. The van der Waals surface area contributed by atoms with Gasteiger partial charge < -0.3 is 0 Å². The molecule has 28 heavy (non-hydrogen) atoms. The molecule has 0 saturated carbocycles. The van der Waals surface area contributed by atoms with Crippen LogP contribution in [0.4, 0.5) is 0 Å². The fraction of sp³-hybridized carbons (Fsp3) is 0.333. The Morgan fingerprint density at radius 3 is 1.43 bits per heavy atom. The molecule has 2 aliphatic carbocycles. The van der Waals surface area contributed by atoms with E-state index in [1.807, 2.05) is 0 Å². The molecule has 2 aromatic rings. The first-order valence-electron chi connectivity index (χ1n) is 9.86. The Labute approximate surface area is 207 Å². The van der Waals surface area contributed by atoms with Gasteiger partial charge in [0.25, 0.3) is 0 Å². The van der Waals surface area contributed by atoms with E-state index < -0.39 is 9.52 Å². The smallest absolute Gasteiger partial charge is 0.0797 e. The molecule has 0 saturated heterocycles. The van der Waals surface area contributed by atoms with Gasteiger partial charge in [-0.2, -0.15) is 0 Å². The van der Waals surface area contributed by atoms with Crippen molar-refractivity contribution in [3.05, 3.63) is 81.9 Å². The zero-order valence-corrected chi connectivity index (χ0v) is 24.0. The number of benzene rings is 2. The molecule has 0 amide bonds. The predicted octanol–water partition coefficient (Wildman–Crippen LogP) is 7.04. The summed E-state index contributed by atoms with van der Waals surface area (Å²) in [5, 5.41) is 0. The second kappa shape index (κ2) is 8.25. The van der Waals surface area contributed by atoms with Gasteiger partial charge in [-0.15, -0.1) is 0 Å². The third-order valence-electron chi connectivity index (χ3n) is 6.65. The molecule has 0 radical (unpaired) electrons. The molecule has 144 valence electrons. The molecule has 0 aromatic heterocycles. The molecular weight excluding hydrogens is 567 g/mol. The van der Waals surface area contributed by atoms with Gasteiger partial charge in [0.1, 0.15) is 0 Å². The van der Waals surface area contributed by atoms with Gasteiger partial charge in [0.05, 0.1) is 17.4 Å². The third kappa shape index (κ3) is 3.13. The van der Waals surface area contributed by atoms with Gasteiger partial charge in [0, 0.05) is 26.2 Å². The van der Waals surface area contributed by atoms with E-state index in [0.29, 0.717) is 0 Å². The molecule has 0 fully saturated rings. The number of alkyl halides is 2. The molecule has 2 aliphatic rings. The van der Waals surface area contributed by atoms with E-state index in [9.17, 15) is 0 Å². The average molecular weight is 594 g/mol. The monoisotopic (exact) mass is 590 g/mol. The van der Waals surface area contributed by atoms with Gasteiger partial charge >= 0.3 is 0 Å². The summed E-state index contributed by atoms with van der Waals surface area (Å²) >= 11 is 8.62. The summed E-state index contributed by atoms with van der Waals surface area (Å²) in [6.07, 6.45) is 2.18. The van der Waals surface area contributed by atoms with E-state index in [-0.39, 0.29) is 34.1 Å². The van der Waals surface area contributed by atoms with E-state index in [1.54, 1.807) is 0 Å². The van der Waals surface area contributed by atoms with E-state index in [0.717, 1.165) is 12.8 Å². The first-order valence-corrected chi connectivity index (χ1v) is 12.9. The standard InChI is InChI=1S/C24H26Br2Si.Zr/c1-5-17-15(3)23(25,21-13-9-7-11-19(17)21)27-24(26)16(4)18(6-2)20-12-8-10-14-22(20)24;/h7-14H,5-6,27H2,1-4H3;. The summed E-state index contributed by atoms with van der Waals surface area (Å²) in [4.78, 5) is 0.